The van der Waals surface area contributed by atoms with E-state index in [4.69, 9.17) is 9.84 Å². The number of hydrogen-bond donors (Lipinski definition) is 1. The molecule has 0 bridgehead atoms. The maximum atomic E-state index is 11.2. The van der Waals surface area contributed by atoms with E-state index >= 15 is 0 Å². The first-order valence-electron chi connectivity index (χ1n) is 4.07. The van der Waals surface area contributed by atoms with Gasteiger partial charge >= 0.3 is 5.97 Å². The average Bonchev–Trinajstić information content (AvgIpc) is 2.48. The van der Waals surface area contributed by atoms with Crippen molar-refractivity contribution < 1.29 is 23.1 Å². The molecular formula is C7H13NO5S. The Morgan fingerprint density at radius 1 is 1.50 bits per heavy atom. The van der Waals surface area contributed by atoms with E-state index in [1.165, 1.54) is 7.05 Å². The Morgan fingerprint density at radius 3 is 2.50 bits per heavy atom. The molecule has 1 rings (SSSR count). The summed E-state index contributed by atoms with van der Waals surface area (Å²) < 4.78 is 28.3. The number of carboxylic acids is 1. The van der Waals surface area contributed by atoms with Crippen molar-refractivity contribution in [3.63, 3.8) is 0 Å². The third-order valence-corrected chi connectivity index (χ3v) is 3.67. The van der Waals surface area contributed by atoms with Crippen molar-refractivity contribution in [2.45, 2.75) is 6.04 Å². The van der Waals surface area contributed by atoms with E-state index in [0.29, 0.717) is 0 Å². The molecule has 2 atom stereocenters. The van der Waals surface area contributed by atoms with E-state index in [1.807, 2.05) is 0 Å². The molecule has 0 aliphatic carbocycles. The van der Waals surface area contributed by atoms with Crippen molar-refractivity contribution in [2.24, 2.45) is 5.92 Å². The van der Waals surface area contributed by atoms with Crippen molar-refractivity contribution in [2.75, 3.05) is 26.5 Å². The Kier molecular flexibility index (Phi) is 3.13. The first kappa shape index (κ1) is 11.4. The monoisotopic (exact) mass is 223 g/mol. The Bertz CT molecular complexity index is 325. The molecule has 0 aromatic rings. The molecule has 0 aromatic carbocycles. The van der Waals surface area contributed by atoms with E-state index in [0.717, 1.165) is 10.6 Å². The molecule has 0 radical (unpaired) electrons. The first-order valence-corrected chi connectivity index (χ1v) is 5.92. The van der Waals surface area contributed by atoms with Crippen molar-refractivity contribution in [3.05, 3.63) is 0 Å². The van der Waals surface area contributed by atoms with E-state index in [-0.39, 0.29) is 13.2 Å². The summed E-state index contributed by atoms with van der Waals surface area (Å²) in [5.74, 6) is -1.79. The normalized spacial score (nSPS) is 28.2. The zero-order chi connectivity index (χ0) is 10.9. The molecule has 1 heterocycles. The van der Waals surface area contributed by atoms with Crippen LogP contribution in [0.3, 0.4) is 0 Å². The summed E-state index contributed by atoms with van der Waals surface area (Å²) in [6.45, 7) is 0.209. The van der Waals surface area contributed by atoms with Crippen molar-refractivity contribution in [1.29, 1.82) is 0 Å². The smallest absolute Gasteiger partial charge is 0.310 e. The molecule has 1 N–H and O–H groups in total. The Hall–Kier alpha value is -0.660. The zero-order valence-corrected chi connectivity index (χ0v) is 8.82. The molecule has 1 saturated heterocycles. The largest absolute Gasteiger partial charge is 0.481 e. The number of hydrogen-bond acceptors (Lipinski definition) is 4. The molecule has 2 unspecified atom stereocenters. The maximum Gasteiger partial charge on any atom is 0.310 e. The van der Waals surface area contributed by atoms with Gasteiger partial charge in [-0.25, -0.2) is 8.42 Å². The van der Waals surface area contributed by atoms with Crippen LogP contribution in [0.15, 0.2) is 0 Å². The summed E-state index contributed by atoms with van der Waals surface area (Å²) in [4.78, 5) is 10.7. The Balaban J connectivity index is 2.82. The van der Waals surface area contributed by atoms with E-state index in [1.54, 1.807) is 0 Å². The molecule has 0 aromatic heterocycles. The predicted molar refractivity (Wildman–Crippen MR) is 48.3 cm³/mol. The van der Waals surface area contributed by atoms with Gasteiger partial charge in [0.2, 0.25) is 10.0 Å². The number of nitrogens with zero attached hydrogens (tertiary/aromatic N) is 1. The number of sulfonamides is 1. The van der Waals surface area contributed by atoms with Crippen LogP contribution in [-0.4, -0.2) is 56.4 Å². The van der Waals surface area contributed by atoms with Crippen LogP contribution in [0, 0.1) is 5.92 Å². The van der Waals surface area contributed by atoms with Gasteiger partial charge < -0.3 is 9.84 Å². The summed E-state index contributed by atoms with van der Waals surface area (Å²) in [6.07, 6.45) is 1.05. The van der Waals surface area contributed by atoms with Crippen LogP contribution in [-0.2, 0) is 19.6 Å². The summed E-state index contributed by atoms with van der Waals surface area (Å²) >= 11 is 0. The summed E-state index contributed by atoms with van der Waals surface area (Å²) in [7, 11) is -2.00. The topological polar surface area (TPSA) is 83.9 Å². The van der Waals surface area contributed by atoms with Gasteiger partial charge in [-0.2, -0.15) is 4.31 Å². The second kappa shape index (κ2) is 3.84. The van der Waals surface area contributed by atoms with Crippen LogP contribution in [0.1, 0.15) is 0 Å². The fourth-order valence-electron chi connectivity index (χ4n) is 1.38. The lowest BCUT2D eigenvalue weighted by Gasteiger charge is -2.23. The van der Waals surface area contributed by atoms with E-state index in [2.05, 4.69) is 0 Å². The summed E-state index contributed by atoms with van der Waals surface area (Å²) in [6, 6.07) is -0.595. The fourth-order valence-corrected chi connectivity index (χ4v) is 2.08. The molecule has 1 aliphatic rings. The van der Waals surface area contributed by atoms with Crippen LogP contribution >= 0.6 is 0 Å². The number of carboxylic acid groups (broad SMARTS) is 1. The van der Waals surface area contributed by atoms with Crippen molar-refractivity contribution >= 4 is 16.0 Å². The van der Waals surface area contributed by atoms with Gasteiger partial charge in [0.25, 0.3) is 0 Å². The van der Waals surface area contributed by atoms with Crippen LogP contribution in [0.5, 0.6) is 0 Å². The number of rotatable bonds is 3. The minimum absolute atomic E-state index is 0.0693. The van der Waals surface area contributed by atoms with Gasteiger partial charge in [-0.3, -0.25) is 4.79 Å². The number of ether oxygens (including phenoxy) is 1. The van der Waals surface area contributed by atoms with Crippen molar-refractivity contribution in [1.82, 2.24) is 4.31 Å². The van der Waals surface area contributed by atoms with Crippen LogP contribution in [0.4, 0.5) is 0 Å². The molecule has 0 spiro atoms. The third-order valence-electron chi connectivity index (χ3n) is 2.36. The lowest BCUT2D eigenvalue weighted by atomic mass is 10.1. The average molecular weight is 223 g/mol. The first-order chi connectivity index (χ1) is 6.34. The minimum Gasteiger partial charge on any atom is -0.481 e. The predicted octanol–water partition coefficient (Wildman–Crippen LogP) is -1.02. The fraction of sp³-hybridized carbons (Fsp3) is 0.857. The molecule has 1 fully saturated rings. The second-order valence-electron chi connectivity index (χ2n) is 3.33. The second-order valence-corrected chi connectivity index (χ2v) is 5.37. The highest BCUT2D eigenvalue weighted by molar-refractivity contribution is 7.88. The standard InChI is InChI=1S/C7H13NO5S/c1-8(14(2,11)12)6-4-13-3-5(6)7(9)10/h5-6H,3-4H2,1-2H3,(H,9,10). The van der Waals surface area contributed by atoms with Gasteiger partial charge in [-0.1, -0.05) is 0 Å². The number of carbonyl (C=O) groups is 1. The molecule has 82 valence electrons. The summed E-state index contributed by atoms with van der Waals surface area (Å²) in [5, 5.41) is 8.80. The molecule has 0 amide bonds. The van der Waals surface area contributed by atoms with Crippen molar-refractivity contribution in [3.8, 4) is 0 Å². The maximum absolute atomic E-state index is 11.2. The minimum atomic E-state index is -3.36. The molecule has 7 heteroatoms. The van der Waals surface area contributed by atoms with Crippen LogP contribution < -0.4 is 0 Å². The van der Waals surface area contributed by atoms with Gasteiger partial charge in [0.05, 0.1) is 31.4 Å². The molecular weight excluding hydrogens is 210 g/mol. The highest BCUT2D eigenvalue weighted by atomic mass is 32.2. The van der Waals surface area contributed by atoms with Gasteiger partial charge in [0.1, 0.15) is 0 Å². The van der Waals surface area contributed by atoms with Gasteiger partial charge in [-0.05, 0) is 0 Å². The molecule has 14 heavy (non-hydrogen) atoms. The Labute approximate surface area is 82.5 Å². The van der Waals surface area contributed by atoms with Gasteiger partial charge in [0.15, 0.2) is 0 Å². The summed E-state index contributed by atoms with van der Waals surface area (Å²) in [5.41, 5.74) is 0. The lowest BCUT2D eigenvalue weighted by Crippen LogP contribution is -2.43. The van der Waals surface area contributed by atoms with Gasteiger partial charge in [0, 0.05) is 7.05 Å². The highest BCUT2D eigenvalue weighted by Gasteiger charge is 2.39. The Morgan fingerprint density at radius 2 is 2.07 bits per heavy atom. The molecule has 1 aliphatic heterocycles. The number of aliphatic carboxylic acids is 1. The van der Waals surface area contributed by atoms with Gasteiger partial charge in [-0.15, -0.1) is 0 Å². The zero-order valence-electron chi connectivity index (χ0n) is 8.00. The molecule has 6 nitrogen and oxygen atoms in total. The van der Waals surface area contributed by atoms with E-state index in [9.17, 15) is 13.2 Å². The molecule has 0 saturated carbocycles. The number of likely N-dealkylation sites (N-methyl/N-ethyl adjacent to an activating group) is 1. The van der Waals surface area contributed by atoms with Crippen LogP contribution in [0.2, 0.25) is 0 Å². The lowest BCUT2D eigenvalue weighted by molar-refractivity contribution is -0.142. The quantitative estimate of drug-likeness (QED) is 0.662. The third kappa shape index (κ3) is 2.23. The van der Waals surface area contributed by atoms with E-state index < -0.39 is 28.0 Å². The van der Waals surface area contributed by atoms with Crippen LogP contribution in [0.25, 0.3) is 0 Å². The highest BCUT2D eigenvalue weighted by Crippen LogP contribution is 2.20. The SMILES string of the molecule is CN(C1COCC1C(=O)O)S(C)(=O)=O.